The molecule has 28 heavy (non-hydrogen) atoms. The Morgan fingerprint density at radius 1 is 1.25 bits per heavy atom. The standard InChI is InChI=1S/C20H30N4O3S/c1-24(14-19(26)22-10-6-12-27-2)11-9-18(25)23-20-16(13-21)15-7-4-3-5-8-17(15)28-20/h3-12,14H2,1-2H3,(H,22,26)(H,23,25). The van der Waals surface area contributed by atoms with E-state index < -0.39 is 0 Å². The van der Waals surface area contributed by atoms with Gasteiger partial charge in [-0.1, -0.05) is 6.42 Å². The Balaban J connectivity index is 1.78. The van der Waals surface area contributed by atoms with Crippen LogP contribution in [-0.4, -0.2) is 57.1 Å². The third kappa shape index (κ3) is 6.89. The fourth-order valence-electron chi connectivity index (χ4n) is 3.25. The van der Waals surface area contributed by atoms with Gasteiger partial charge in [-0.15, -0.1) is 11.3 Å². The van der Waals surface area contributed by atoms with E-state index in [1.807, 2.05) is 11.9 Å². The van der Waals surface area contributed by atoms with Gasteiger partial charge in [0.1, 0.15) is 11.1 Å². The van der Waals surface area contributed by atoms with E-state index in [0.29, 0.717) is 30.3 Å². The molecule has 0 aromatic carbocycles. The number of nitrogens with one attached hydrogen (secondary N) is 2. The molecule has 0 fully saturated rings. The van der Waals surface area contributed by atoms with Crippen LogP contribution in [0.5, 0.6) is 0 Å². The Labute approximate surface area is 171 Å². The Bertz CT molecular complexity index is 711. The maximum Gasteiger partial charge on any atom is 0.234 e. The van der Waals surface area contributed by atoms with Crippen LogP contribution in [0.3, 0.4) is 0 Å². The van der Waals surface area contributed by atoms with Crippen LogP contribution >= 0.6 is 11.3 Å². The number of aryl methyl sites for hydroxylation is 1. The number of methoxy groups -OCH3 is 1. The van der Waals surface area contributed by atoms with E-state index in [0.717, 1.165) is 37.7 Å². The molecule has 0 bridgehead atoms. The lowest BCUT2D eigenvalue weighted by Crippen LogP contribution is -2.37. The SMILES string of the molecule is COCCCNC(=O)CN(C)CCC(=O)Nc1sc2c(c1C#N)CCCCC2. The number of nitrogens with zero attached hydrogens (tertiary/aromatic N) is 2. The predicted octanol–water partition coefficient (Wildman–Crippen LogP) is 2.30. The largest absolute Gasteiger partial charge is 0.385 e. The van der Waals surface area contributed by atoms with E-state index in [4.69, 9.17) is 4.74 Å². The van der Waals surface area contributed by atoms with Gasteiger partial charge in [-0.2, -0.15) is 5.26 Å². The molecule has 2 amide bonds. The van der Waals surface area contributed by atoms with Gasteiger partial charge in [0.15, 0.2) is 0 Å². The highest BCUT2D eigenvalue weighted by Crippen LogP contribution is 2.36. The van der Waals surface area contributed by atoms with E-state index in [9.17, 15) is 14.9 Å². The molecule has 154 valence electrons. The minimum Gasteiger partial charge on any atom is -0.385 e. The topological polar surface area (TPSA) is 94.5 Å². The second-order valence-corrected chi connectivity index (χ2v) is 8.22. The molecule has 0 saturated carbocycles. The highest BCUT2D eigenvalue weighted by Gasteiger charge is 2.21. The number of fused-ring (bicyclic) bond motifs is 1. The van der Waals surface area contributed by atoms with Crippen LogP contribution in [0.25, 0.3) is 0 Å². The van der Waals surface area contributed by atoms with Gasteiger partial charge in [-0.05, 0) is 44.7 Å². The van der Waals surface area contributed by atoms with Crippen LogP contribution in [0.1, 0.15) is 48.1 Å². The summed E-state index contributed by atoms with van der Waals surface area (Å²) in [6.45, 7) is 1.93. The van der Waals surface area contributed by atoms with Crippen molar-refractivity contribution in [2.24, 2.45) is 0 Å². The van der Waals surface area contributed by atoms with Gasteiger partial charge in [0.05, 0.1) is 12.1 Å². The number of hydrogen-bond donors (Lipinski definition) is 2. The van der Waals surface area contributed by atoms with Crippen molar-refractivity contribution in [1.82, 2.24) is 10.2 Å². The summed E-state index contributed by atoms with van der Waals surface area (Å²) in [6, 6.07) is 2.28. The fourth-order valence-corrected chi connectivity index (χ4v) is 4.51. The van der Waals surface area contributed by atoms with Crippen LogP contribution < -0.4 is 10.6 Å². The van der Waals surface area contributed by atoms with Gasteiger partial charge in [0.25, 0.3) is 0 Å². The highest BCUT2D eigenvalue weighted by atomic mass is 32.1. The number of ether oxygens (including phenoxy) is 1. The summed E-state index contributed by atoms with van der Waals surface area (Å²) in [4.78, 5) is 27.2. The average Bonchev–Trinajstić information content (AvgIpc) is 2.83. The summed E-state index contributed by atoms with van der Waals surface area (Å²) in [5, 5.41) is 16.0. The lowest BCUT2D eigenvalue weighted by Gasteiger charge is -2.16. The molecule has 0 radical (unpaired) electrons. The second-order valence-electron chi connectivity index (χ2n) is 7.11. The molecular formula is C20H30N4O3S. The van der Waals surface area contributed by atoms with Gasteiger partial charge in [0.2, 0.25) is 11.8 Å². The first-order valence-electron chi connectivity index (χ1n) is 9.83. The molecule has 7 nitrogen and oxygen atoms in total. The summed E-state index contributed by atoms with van der Waals surface area (Å²) >= 11 is 1.54. The number of amides is 2. The quantitative estimate of drug-likeness (QED) is 0.459. The number of anilines is 1. The van der Waals surface area contributed by atoms with E-state index in [1.165, 1.54) is 11.3 Å². The molecular weight excluding hydrogens is 376 g/mol. The van der Waals surface area contributed by atoms with Crippen molar-refractivity contribution in [3.63, 3.8) is 0 Å². The van der Waals surface area contributed by atoms with Crippen LogP contribution in [-0.2, 0) is 27.2 Å². The number of hydrogen-bond acceptors (Lipinski definition) is 6. The third-order valence-corrected chi connectivity index (χ3v) is 5.97. The lowest BCUT2D eigenvalue weighted by molar-refractivity contribution is -0.122. The third-order valence-electron chi connectivity index (χ3n) is 4.77. The van der Waals surface area contributed by atoms with Crippen molar-refractivity contribution in [2.45, 2.75) is 44.9 Å². The highest BCUT2D eigenvalue weighted by molar-refractivity contribution is 7.16. The fraction of sp³-hybridized carbons (Fsp3) is 0.650. The zero-order valence-corrected chi connectivity index (χ0v) is 17.6. The molecule has 1 aromatic heterocycles. The molecule has 2 rings (SSSR count). The molecule has 0 atom stereocenters. The summed E-state index contributed by atoms with van der Waals surface area (Å²) in [5.74, 6) is -0.187. The van der Waals surface area contributed by atoms with Crippen molar-refractivity contribution in [2.75, 3.05) is 45.7 Å². The van der Waals surface area contributed by atoms with Crippen LogP contribution in [0.4, 0.5) is 5.00 Å². The normalized spacial score (nSPS) is 13.5. The van der Waals surface area contributed by atoms with Gasteiger partial charge in [-0.3, -0.25) is 14.5 Å². The van der Waals surface area contributed by atoms with E-state index >= 15 is 0 Å². The summed E-state index contributed by atoms with van der Waals surface area (Å²) in [6.07, 6.45) is 6.41. The Morgan fingerprint density at radius 2 is 2.04 bits per heavy atom. The molecule has 1 heterocycles. The summed E-state index contributed by atoms with van der Waals surface area (Å²) < 4.78 is 4.94. The van der Waals surface area contributed by atoms with Crippen LogP contribution in [0.2, 0.25) is 0 Å². The molecule has 0 aliphatic heterocycles. The molecule has 8 heteroatoms. The second kappa shape index (κ2) is 11.8. The Morgan fingerprint density at radius 3 is 2.79 bits per heavy atom. The monoisotopic (exact) mass is 406 g/mol. The lowest BCUT2D eigenvalue weighted by atomic mass is 10.1. The van der Waals surface area contributed by atoms with Crippen molar-refractivity contribution in [1.29, 1.82) is 5.26 Å². The molecule has 0 saturated heterocycles. The average molecular weight is 407 g/mol. The Hall–Kier alpha value is -1.95. The zero-order valence-electron chi connectivity index (χ0n) is 16.8. The number of thiophene rings is 1. The molecule has 0 unspecified atom stereocenters. The molecule has 1 aliphatic carbocycles. The maximum atomic E-state index is 12.3. The summed E-state index contributed by atoms with van der Waals surface area (Å²) in [7, 11) is 3.45. The number of likely N-dealkylation sites (N-methyl/N-ethyl adjacent to an activating group) is 1. The number of rotatable bonds is 10. The number of carbonyl (C=O) groups excluding carboxylic acids is 2. The van der Waals surface area contributed by atoms with Crippen molar-refractivity contribution >= 4 is 28.2 Å². The van der Waals surface area contributed by atoms with Gasteiger partial charge in [-0.25, -0.2) is 0 Å². The van der Waals surface area contributed by atoms with Crippen LogP contribution in [0, 0.1) is 11.3 Å². The van der Waals surface area contributed by atoms with E-state index in [2.05, 4.69) is 16.7 Å². The van der Waals surface area contributed by atoms with Crippen molar-refractivity contribution < 1.29 is 14.3 Å². The first kappa shape index (κ1) is 22.3. The minimum atomic E-state index is -0.125. The number of carbonyl (C=O) groups is 2. The van der Waals surface area contributed by atoms with Gasteiger partial charge in [0, 0.05) is 38.1 Å². The van der Waals surface area contributed by atoms with E-state index in [1.54, 1.807) is 18.4 Å². The van der Waals surface area contributed by atoms with Gasteiger partial charge >= 0.3 is 0 Å². The first-order chi connectivity index (χ1) is 13.5. The van der Waals surface area contributed by atoms with Crippen molar-refractivity contribution in [3.05, 3.63) is 16.0 Å². The maximum absolute atomic E-state index is 12.3. The Kier molecular flexibility index (Phi) is 9.41. The predicted molar refractivity (Wildman–Crippen MR) is 111 cm³/mol. The van der Waals surface area contributed by atoms with E-state index in [-0.39, 0.29) is 24.8 Å². The molecule has 0 spiro atoms. The molecule has 1 aliphatic rings. The van der Waals surface area contributed by atoms with Crippen molar-refractivity contribution in [3.8, 4) is 6.07 Å². The summed E-state index contributed by atoms with van der Waals surface area (Å²) in [5.41, 5.74) is 1.77. The minimum absolute atomic E-state index is 0.0622. The molecule has 1 aromatic rings. The number of nitriles is 1. The zero-order chi connectivity index (χ0) is 20.4. The van der Waals surface area contributed by atoms with Crippen LogP contribution in [0.15, 0.2) is 0 Å². The first-order valence-corrected chi connectivity index (χ1v) is 10.7. The molecule has 2 N–H and O–H groups in total. The van der Waals surface area contributed by atoms with Gasteiger partial charge < -0.3 is 15.4 Å². The smallest absolute Gasteiger partial charge is 0.234 e.